The molecule has 0 aliphatic rings. The van der Waals surface area contributed by atoms with Crippen molar-refractivity contribution in [1.82, 2.24) is 9.78 Å². The molecule has 14 heavy (non-hydrogen) atoms. The average Bonchev–Trinajstić information content (AvgIpc) is 2.28. The molecule has 1 aromatic rings. The van der Waals surface area contributed by atoms with Crippen LogP contribution in [-0.4, -0.2) is 15.5 Å². The van der Waals surface area contributed by atoms with Crippen LogP contribution >= 0.6 is 0 Å². The highest BCUT2D eigenvalue weighted by Gasteiger charge is 2.21. The van der Waals surface area contributed by atoms with Gasteiger partial charge in [0.15, 0.2) is 0 Å². The van der Waals surface area contributed by atoms with Crippen molar-refractivity contribution in [3.8, 4) is 0 Å². The predicted molar refractivity (Wildman–Crippen MR) is 60.4 cm³/mol. The van der Waals surface area contributed by atoms with Crippen molar-refractivity contribution >= 4 is 11.4 Å². The molecule has 0 fully saturated rings. The summed E-state index contributed by atoms with van der Waals surface area (Å²) in [5.41, 5.74) is 3.15. The first kappa shape index (κ1) is 11.0. The van der Waals surface area contributed by atoms with Gasteiger partial charge in [0.25, 0.3) is 0 Å². The van der Waals surface area contributed by atoms with Gasteiger partial charge >= 0.3 is 0 Å². The number of aliphatic imine (C=N–C) groups is 1. The summed E-state index contributed by atoms with van der Waals surface area (Å²) in [5, 5.41) is 4.44. The Labute approximate surface area is 85.9 Å². The molecule has 1 rings (SSSR count). The van der Waals surface area contributed by atoms with Gasteiger partial charge in [0.05, 0.1) is 11.9 Å². The maximum absolute atomic E-state index is 4.48. The van der Waals surface area contributed by atoms with E-state index in [4.69, 9.17) is 0 Å². The molecule has 1 aromatic heterocycles. The molecule has 0 spiro atoms. The minimum absolute atomic E-state index is 0.0511. The van der Waals surface area contributed by atoms with Crippen molar-refractivity contribution in [2.75, 3.05) is 0 Å². The first-order valence-corrected chi connectivity index (χ1v) is 4.86. The molecule has 0 N–H and O–H groups in total. The van der Waals surface area contributed by atoms with Gasteiger partial charge in [0.1, 0.15) is 5.69 Å². The molecule has 3 nitrogen and oxygen atoms in total. The highest BCUT2D eigenvalue weighted by Crippen LogP contribution is 2.29. The Morgan fingerprint density at radius 3 is 2.36 bits per heavy atom. The summed E-state index contributed by atoms with van der Waals surface area (Å²) < 4.78 is 1.82. The Bertz CT molecular complexity index is 349. The van der Waals surface area contributed by atoms with Gasteiger partial charge in [-0.2, -0.15) is 5.10 Å². The van der Waals surface area contributed by atoms with Crippen LogP contribution in [0.4, 0.5) is 5.69 Å². The number of hydrogen-bond donors (Lipinski definition) is 0. The standard InChI is InChI=1S/C11H19N3/c1-8(2)12-9-7-14(6)13-10(9)11(3,4)5/h7H,1-6H3. The summed E-state index contributed by atoms with van der Waals surface area (Å²) in [6.07, 6.45) is 1.97. The topological polar surface area (TPSA) is 30.2 Å². The third-order valence-electron chi connectivity index (χ3n) is 1.86. The first-order valence-electron chi connectivity index (χ1n) is 4.86. The van der Waals surface area contributed by atoms with Crippen LogP contribution in [0.1, 0.15) is 40.3 Å². The summed E-state index contributed by atoms with van der Waals surface area (Å²) in [6.45, 7) is 10.5. The Kier molecular flexibility index (Phi) is 2.79. The lowest BCUT2D eigenvalue weighted by Crippen LogP contribution is -2.12. The number of aromatic nitrogens is 2. The molecule has 0 aliphatic heterocycles. The second-order valence-electron chi connectivity index (χ2n) is 4.85. The third kappa shape index (κ3) is 2.44. The lowest BCUT2D eigenvalue weighted by Gasteiger charge is -2.15. The van der Waals surface area contributed by atoms with Gasteiger partial charge in [-0.3, -0.25) is 9.67 Å². The highest BCUT2D eigenvalue weighted by molar-refractivity contribution is 5.82. The molecular weight excluding hydrogens is 174 g/mol. The van der Waals surface area contributed by atoms with Crippen LogP contribution in [0.15, 0.2) is 11.2 Å². The van der Waals surface area contributed by atoms with Crippen molar-refractivity contribution in [1.29, 1.82) is 0 Å². The monoisotopic (exact) mass is 193 g/mol. The van der Waals surface area contributed by atoms with E-state index in [9.17, 15) is 0 Å². The van der Waals surface area contributed by atoms with Crippen molar-refractivity contribution in [3.63, 3.8) is 0 Å². The fourth-order valence-corrected chi connectivity index (χ4v) is 1.33. The molecule has 1 heterocycles. The van der Waals surface area contributed by atoms with Gasteiger partial charge in [-0.1, -0.05) is 20.8 Å². The molecule has 0 saturated heterocycles. The molecule has 0 unspecified atom stereocenters. The van der Waals surface area contributed by atoms with E-state index in [1.807, 2.05) is 31.8 Å². The smallest absolute Gasteiger partial charge is 0.105 e. The fourth-order valence-electron chi connectivity index (χ4n) is 1.33. The van der Waals surface area contributed by atoms with Crippen LogP contribution in [0, 0.1) is 0 Å². The van der Waals surface area contributed by atoms with Crippen LogP contribution in [0.5, 0.6) is 0 Å². The van der Waals surface area contributed by atoms with Gasteiger partial charge in [-0.05, 0) is 13.8 Å². The molecule has 0 atom stereocenters. The summed E-state index contributed by atoms with van der Waals surface area (Å²) in [4.78, 5) is 4.48. The van der Waals surface area contributed by atoms with Crippen LogP contribution in [0.3, 0.4) is 0 Å². The van der Waals surface area contributed by atoms with Crippen molar-refractivity contribution in [3.05, 3.63) is 11.9 Å². The molecule has 0 saturated carbocycles. The van der Waals surface area contributed by atoms with Gasteiger partial charge in [-0.15, -0.1) is 0 Å². The SMILES string of the molecule is CC(C)=Nc1cn(C)nc1C(C)(C)C. The Morgan fingerprint density at radius 1 is 1.36 bits per heavy atom. The van der Waals surface area contributed by atoms with E-state index in [2.05, 4.69) is 30.9 Å². The molecule has 0 amide bonds. The molecule has 0 aromatic carbocycles. The van der Waals surface area contributed by atoms with E-state index in [1.54, 1.807) is 0 Å². The number of rotatable bonds is 1. The van der Waals surface area contributed by atoms with E-state index in [1.165, 1.54) is 0 Å². The molecule has 3 heteroatoms. The van der Waals surface area contributed by atoms with Gasteiger partial charge in [0, 0.05) is 18.2 Å². The van der Waals surface area contributed by atoms with E-state index in [-0.39, 0.29) is 5.41 Å². The zero-order valence-corrected chi connectivity index (χ0v) is 9.92. The maximum atomic E-state index is 4.48. The number of hydrogen-bond acceptors (Lipinski definition) is 2. The van der Waals surface area contributed by atoms with Crippen LogP contribution in [0.25, 0.3) is 0 Å². The molecule has 0 aliphatic carbocycles. The van der Waals surface area contributed by atoms with Gasteiger partial charge in [0.2, 0.25) is 0 Å². The van der Waals surface area contributed by atoms with E-state index in [0.29, 0.717) is 0 Å². The van der Waals surface area contributed by atoms with Crippen LogP contribution < -0.4 is 0 Å². The molecule has 0 bridgehead atoms. The number of nitrogens with zero attached hydrogens (tertiary/aromatic N) is 3. The summed E-state index contributed by atoms with van der Waals surface area (Å²) in [5.74, 6) is 0. The van der Waals surface area contributed by atoms with Crippen LogP contribution in [0.2, 0.25) is 0 Å². The van der Waals surface area contributed by atoms with Crippen molar-refractivity contribution in [2.45, 2.75) is 40.0 Å². The van der Waals surface area contributed by atoms with Crippen molar-refractivity contribution < 1.29 is 0 Å². The second kappa shape index (κ2) is 3.56. The summed E-state index contributed by atoms with van der Waals surface area (Å²) in [6, 6.07) is 0. The Hall–Kier alpha value is -1.12. The highest BCUT2D eigenvalue weighted by atomic mass is 15.3. The molecule has 78 valence electrons. The van der Waals surface area contributed by atoms with E-state index >= 15 is 0 Å². The quantitative estimate of drug-likeness (QED) is 0.631. The predicted octanol–water partition coefficient (Wildman–Crippen LogP) is 2.83. The minimum atomic E-state index is 0.0511. The first-order chi connectivity index (χ1) is 6.30. The normalized spacial score (nSPS) is 11.6. The van der Waals surface area contributed by atoms with Crippen LogP contribution in [-0.2, 0) is 12.5 Å². The zero-order chi connectivity index (χ0) is 10.9. The number of aryl methyl sites for hydroxylation is 1. The third-order valence-corrected chi connectivity index (χ3v) is 1.86. The molecular formula is C11H19N3. The maximum Gasteiger partial charge on any atom is 0.105 e. The lowest BCUT2D eigenvalue weighted by atomic mass is 9.91. The Morgan fingerprint density at radius 2 is 1.93 bits per heavy atom. The zero-order valence-electron chi connectivity index (χ0n) is 9.92. The fraction of sp³-hybridized carbons (Fsp3) is 0.636. The second-order valence-corrected chi connectivity index (χ2v) is 4.85. The lowest BCUT2D eigenvalue weighted by molar-refractivity contribution is 0.554. The molecule has 0 radical (unpaired) electrons. The minimum Gasteiger partial charge on any atom is -0.273 e. The largest absolute Gasteiger partial charge is 0.273 e. The Balaban J connectivity index is 3.23. The van der Waals surface area contributed by atoms with Gasteiger partial charge < -0.3 is 0 Å². The summed E-state index contributed by atoms with van der Waals surface area (Å²) in [7, 11) is 1.93. The van der Waals surface area contributed by atoms with E-state index in [0.717, 1.165) is 17.1 Å². The van der Waals surface area contributed by atoms with Gasteiger partial charge in [-0.25, -0.2) is 0 Å². The average molecular weight is 193 g/mol. The summed E-state index contributed by atoms with van der Waals surface area (Å²) >= 11 is 0. The van der Waals surface area contributed by atoms with Crippen molar-refractivity contribution in [2.24, 2.45) is 12.0 Å². The van der Waals surface area contributed by atoms with E-state index < -0.39 is 0 Å².